The molecule has 0 aromatic heterocycles. The van der Waals surface area contributed by atoms with E-state index >= 15 is 0 Å². The van der Waals surface area contributed by atoms with E-state index in [1.54, 1.807) is 25.8 Å². The van der Waals surface area contributed by atoms with Crippen molar-refractivity contribution in [1.29, 1.82) is 0 Å². The molecule has 1 aromatic rings. The number of rotatable bonds is 2. The molecule has 2 rings (SSSR count). The van der Waals surface area contributed by atoms with Crippen molar-refractivity contribution >= 4 is 11.6 Å². The minimum atomic E-state index is -1.02. The maximum atomic E-state index is 14.1. The molecule has 1 aliphatic heterocycles. The third kappa shape index (κ3) is 2.24. The Bertz CT molecular complexity index is 523. The van der Waals surface area contributed by atoms with Gasteiger partial charge in [-0.1, -0.05) is 0 Å². The molecule has 110 valence electrons. The molecule has 6 heteroatoms. The Hall–Kier alpha value is -1.69. The Morgan fingerprint density at radius 3 is 2.30 bits per heavy atom. The lowest BCUT2D eigenvalue weighted by molar-refractivity contribution is -0.136. The molecule has 0 radical (unpaired) electrons. The monoisotopic (exact) mass is 284 g/mol. The first-order chi connectivity index (χ1) is 9.28. The molecule has 4 nitrogen and oxygen atoms in total. The van der Waals surface area contributed by atoms with Crippen molar-refractivity contribution in [2.24, 2.45) is 0 Å². The topological polar surface area (TPSA) is 43.8 Å². The van der Waals surface area contributed by atoms with E-state index in [0.717, 1.165) is 12.1 Å². The van der Waals surface area contributed by atoms with E-state index < -0.39 is 23.8 Å². The van der Waals surface area contributed by atoms with Crippen LogP contribution in [0, 0.1) is 11.6 Å². The standard InChI is InChI=1S/C14H18F2N2O2/c1-14(2)13(20)17(3)4-5-18(14)12-10(15)6-9(8-19)7-11(12)16/h6-7,19H,4-5,8H2,1-3H3. The number of hydrogen-bond acceptors (Lipinski definition) is 3. The summed E-state index contributed by atoms with van der Waals surface area (Å²) in [6.45, 7) is 3.61. The number of halogens is 2. The number of hydrogen-bond donors (Lipinski definition) is 1. The second kappa shape index (κ2) is 5.01. The second-order valence-electron chi connectivity index (χ2n) is 5.50. The van der Waals surface area contributed by atoms with Crippen LogP contribution in [0.15, 0.2) is 12.1 Å². The molecule has 20 heavy (non-hydrogen) atoms. The summed E-state index contributed by atoms with van der Waals surface area (Å²) in [5.74, 6) is -1.72. The predicted octanol–water partition coefficient (Wildman–Crippen LogP) is 1.51. The Morgan fingerprint density at radius 1 is 1.25 bits per heavy atom. The molecule has 1 aromatic carbocycles. The van der Waals surface area contributed by atoms with Gasteiger partial charge in [0.25, 0.3) is 0 Å². The Kier molecular flexibility index (Phi) is 3.69. The lowest BCUT2D eigenvalue weighted by atomic mass is 9.96. The van der Waals surface area contributed by atoms with Gasteiger partial charge in [0, 0.05) is 20.1 Å². The summed E-state index contributed by atoms with van der Waals surface area (Å²) in [4.78, 5) is 15.2. The van der Waals surface area contributed by atoms with Crippen LogP contribution in [-0.2, 0) is 11.4 Å². The Balaban J connectivity index is 2.49. The van der Waals surface area contributed by atoms with E-state index in [2.05, 4.69) is 0 Å². The van der Waals surface area contributed by atoms with Gasteiger partial charge >= 0.3 is 0 Å². The maximum Gasteiger partial charge on any atom is 0.247 e. The summed E-state index contributed by atoms with van der Waals surface area (Å²) in [6, 6.07) is 2.19. The van der Waals surface area contributed by atoms with E-state index in [4.69, 9.17) is 5.11 Å². The largest absolute Gasteiger partial charge is 0.392 e. The smallest absolute Gasteiger partial charge is 0.247 e. The second-order valence-corrected chi connectivity index (χ2v) is 5.50. The van der Waals surface area contributed by atoms with E-state index in [1.807, 2.05) is 0 Å². The van der Waals surface area contributed by atoms with Crippen molar-refractivity contribution < 1.29 is 18.7 Å². The fourth-order valence-electron chi connectivity index (χ4n) is 2.57. The van der Waals surface area contributed by atoms with Crippen molar-refractivity contribution in [3.63, 3.8) is 0 Å². The number of carbonyl (C=O) groups is 1. The highest BCUT2D eigenvalue weighted by Gasteiger charge is 2.42. The minimum absolute atomic E-state index is 0.169. The number of benzene rings is 1. The maximum absolute atomic E-state index is 14.1. The molecular weight excluding hydrogens is 266 g/mol. The number of aliphatic hydroxyl groups is 1. The average Bonchev–Trinajstić information content (AvgIpc) is 2.38. The summed E-state index contributed by atoms with van der Waals surface area (Å²) in [6.07, 6.45) is 0. The lowest BCUT2D eigenvalue weighted by Gasteiger charge is -2.46. The molecule has 1 N–H and O–H groups in total. The van der Waals surface area contributed by atoms with Gasteiger partial charge in [0.2, 0.25) is 5.91 Å². The van der Waals surface area contributed by atoms with Crippen LogP contribution in [-0.4, -0.2) is 41.6 Å². The number of aliphatic hydroxyl groups excluding tert-OH is 1. The number of likely N-dealkylation sites (N-methyl/N-ethyl adjacent to an activating group) is 1. The summed E-state index contributed by atoms with van der Waals surface area (Å²) >= 11 is 0. The normalized spacial score (nSPS) is 18.6. The van der Waals surface area contributed by atoms with Crippen LogP contribution in [0.2, 0.25) is 0 Å². The number of carbonyl (C=O) groups excluding carboxylic acids is 1. The molecule has 1 amide bonds. The van der Waals surface area contributed by atoms with Gasteiger partial charge in [0.15, 0.2) is 0 Å². The van der Waals surface area contributed by atoms with E-state index in [1.165, 1.54) is 4.90 Å². The van der Waals surface area contributed by atoms with Crippen molar-refractivity contribution in [2.45, 2.75) is 26.0 Å². The van der Waals surface area contributed by atoms with Gasteiger partial charge in [-0.25, -0.2) is 8.78 Å². The first-order valence-electron chi connectivity index (χ1n) is 6.41. The number of anilines is 1. The van der Waals surface area contributed by atoms with Crippen LogP contribution >= 0.6 is 0 Å². The van der Waals surface area contributed by atoms with Crippen LogP contribution < -0.4 is 4.90 Å². The van der Waals surface area contributed by atoms with Gasteiger partial charge in [0.1, 0.15) is 22.9 Å². The summed E-state index contributed by atoms with van der Waals surface area (Å²) < 4.78 is 28.3. The first kappa shape index (κ1) is 14.7. The quantitative estimate of drug-likeness (QED) is 0.895. The highest BCUT2D eigenvalue weighted by Crippen LogP contribution is 2.33. The van der Waals surface area contributed by atoms with Gasteiger partial charge in [-0.15, -0.1) is 0 Å². The van der Waals surface area contributed by atoms with Crippen LogP contribution in [0.25, 0.3) is 0 Å². The molecule has 0 spiro atoms. The predicted molar refractivity (Wildman–Crippen MR) is 71.3 cm³/mol. The summed E-state index contributed by atoms with van der Waals surface area (Å²) in [7, 11) is 1.67. The zero-order valence-electron chi connectivity index (χ0n) is 11.8. The Morgan fingerprint density at radius 2 is 1.80 bits per heavy atom. The summed E-state index contributed by atoms with van der Waals surface area (Å²) in [5, 5.41) is 8.96. The third-order valence-corrected chi connectivity index (χ3v) is 3.73. The highest BCUT2D eigenvalue weighted by molar-refractivity contribution is 5.90. The van der Waals surface area contributed by atoms with E-state index in [0.29, 0.717) is 13.1 Å². The molecule has 1 heterocycles. The van der Waals surface area contributed by atoms with Gasteiger partial charge < -0.3 is 14.9 Å². The molecule has 1 aliphatic rings. The van der Waals surface area contributed by atoms with Gasteiger partial charge in [-0.05, 0) is 31.5 Å². The van der Waals surface area contributed by atoms with Gasteiger partial charge in [0.05, 0.1) is 6.61 Å². The van der Waals surface area contributed by atoms with Crippen molar-refractivity contribution in [1.82, 2.24) is 4.90 Å². The number of piperazine rings is 1. The number of nitrogens with zero attached hydrogens (tertiary/aromatic N) is 2. The first-order valence-corrected chi connectivity index (χ1v) is 6.41. The van der Waals surface area contributed by atoms with Crippen LogP contribution in [0.4, 0.5) is 14.5 Å². The average molecular weight is 284 g/mol. The number of amides is 1. The van der Waals surface area contributed by atoms with Crippen LogP contribution in [0.1, 0.15) is 19.4 Å². The molecule has 0 saturated carbocycles. The fraction of sp³-hybridized carbons (Fsp3) is 0.500. The molecule has 1 saturated heterocycles. The van der Waals surface area contributed by atoms with Crippen LogP contribution in [0.5, 0.6) is 0 Å². The van der Waals surface area contributed by atoms with E-state index in [9.17, 15) is 13.6 Å². The highest BCUT2D eigenvalue weighted by atomic mass is 19.1. The molecule has 0 aliphatic carbocycles. The molecule has 0 unspecified atom stereocenters. The molecule has 1 fully saturated rings. The van der Waals surface area contributed by atoms with Gasteiger partial charge in [-0.3, -0.25) is 4.79 Å². The van der Waals surface area contributed by atoms with Crippen molar-refractivity contribution in [3.8, 4) is 0 Å². The van der Waals surface area contributed by atoms with Gasteiger partial charge in [-0.2, -0.15) is 0 Å². The lowest BCUT2D eigenvalue weighted by Crippen LogP contribution is -2.62. The Labute approximate surface area is 116 Å². The van der Waals surface area contributed by atoms with Crippen molar-refractivity contribution in [2.75, 3.05) is 25.0 Å². The SMILES string of the molecule is CN1CCN(c2c(F)cc(CO)cc2F)C(C)(C)C1=O. The van der Waals surface area contributed by atoms with Crippen molar-refractivity contribution in [3.05, 3.63) is 29.3 Å². The van der Waals surface area contributed by atoms with E-state index in [-0.39, 0.29) is 17.2 Å². The molecule has 0 bridgehead atoms. The summed E-state index contributed by atoms with van der Waals surface area (Å²) in [5.41, 5.74) is -1.06. The molecule has 0 atom stereocenters. The zero-order valence-corrected chi connectivity index (χ0v) is 11.8. The zero-order chi connectivity index (χ0) is 15.1. The minimum Gasteiger partial charge on any atom is -0.392 e. The van der Waals surface area contributed by atoms with Crippen LogP contribution in [0.3, 0.4) is 0 Å². The third-order valence-electron chi connectivity index (χ3n) is 3.73. The fourth-order valence-corrected chi connectivity index (χ4v) is 2.57. The molecular formula is C14H18F2N2O2.